The molecule has 2 unspecified atom stereocenters. The Bertz CT molecular complexity index is 343. The summed E-state index contributed by atoms with van der Waals surface area (Å²) in [5, 5.41) is 10.0. The van der Waals surface area contributed by atoms with Gasteiger partial charge in [-0.3, -0.25) is 4.79 Å². The molecule has 2 atom stereocenters. The SMILES string of the molecule is CC12CCC(C(=O)C(Br)=C1O)C2(C)C. The second kappa shape index (κ2) is 2.63. The van der Waals surface area contributed by atoms with Crippen LogP contribution in [0.1, 0.15) is 33.6 Å². The summed E-state index contributed by atoms with van der Waals surface area (Å²) in [6.45, 7) is 6.21. The van der Waals surface area contributed by atoms with Gasteiger partial charge < -0.3 is 5.11 Å². The van der Waals surface area contributed by atoms with Gasteiger partial charge in [0.1, 0.15) is 5.76 Å². The van der Waals surface area contributed by atoms with Gasteiger partial charge in [0, 0.05) is 11.3 Å². The fourth-order valence-corrected chi connectivity index (χ4v) is 3.61. The first kappa shape index (κ1) is 10.2. The summed E-state index contributed by atoms with van der Waals surface area (Å²) in [5.74, 6) is 0.390. The van der Waals surface area contributed by atoms with Gasteiger partial charge in [0.25, 0.3) is 0 Å². The third-order valence-corrected chi connectivity index (χ3v) is 5.26. The lowest BCUT2D eigenvalue weighted by Gasteiger charge is -2.44. The summed E-state index contributed by atoms with van der Waals surface area (Å²) in [4.78, 5) is 11.9. The molecule has 0 saturated heterocycles. The van der Waals surface area contributed by atoms with Crippen molar-refractivity contribution in [1.82, 2.24) is 0 Å². The number of carbonyl (C=O) groups is 1. The predicted octanol–water partition coefficient (Wildman–Crippen LogP) is 3.18. The maximum atomic E-state index is 11.9. The van der Waals surface area contributed by atoms with Gasteiger partial charge in [-0.25, -0.2) is 0 Å². The smallest absolute Gasteiger partial charge is 0.176 e. The van der Waals surface area contributed by atoms with Crippen molar-refractivity contribution in [2.75, 3.05) is 0 Å². The van der Waals surface area contributed by atoms with E-state index in [1.165, 1.54) is 0 Å². The lowest BCUT2D eigenvalue weighted by molar-refractivity contribution is -0.124. The summed E-state index contributed by atoms with van der Waals surface area (Å²) in [6.07, 6.45) is 1.79. The Labute approximate surface area is 92.5 Å². The van der Waals surface area contributed by atoms with Gasteiger partial charge in [-0.05, 0) is 34.2 Å². The van der Waals surface area contributed by atoms with E-state index in [-0.39, 0.29) is 28.3 Å². The fraction of sp³-hybridized carbons (Fsp3) is 0.727. The van der Waals surface area contributed by atoms with Crippen LogP contribution in [0.5, 0.6) is 0 Å². The highest BCUT2D eigenvalue weighted by Crippen LogP contribution is 2.63. The Balaban J connectivity index is 2.66. The number of halogens is 1. The largest absolute Gasteiger partial charge is 0.510 e. The van der Waals surface area contributed by atoms with Crippen molar-refractivity contribution in [3.05, 3.63) is 10.2 Å². The molecule has 2 rings (SSSR count). The van der Waals surface area contributed by atoms with Crippen molar-refractivity contribution in [2.24, 2.45) is 16.7 Å². The third-order valence-electron chi connectivity index (χ3n) is 4.49. The van der Waals surface area contributed by atoms with E-state index in [1.54, 1.807) is 0 Å². The molecule has 0 radical (unpaired) electrons. The van der Waals surface area contributed by atoms with Crippen molar-refractivity contribution < 1.29 is 9.90 Å². The van der Waals surface area contributed by atoms with E-state index in [2.05, 4.69) is 36.7 Å². The highest BCUT2D eigenvalue weighted by molar-refractivity contribution is 9.12. The van der Waals surface area contributed by atoms with Crippen LogP contribution in [-0.2, 0) is 4.79 Å². The van der Waals surface area contributed by atoms with E-state index in [0.29, 0.717) is 4.48 Å². The van der Waals surface area contributed by atoms with Gasteiger partial charge in [0.2, 0.25) is 0 Å². The minimum atomic E-state index is -0.232. The maximum Gasteiger partial charge on any atom is 0.176 e. The molecule has 2 aliphatic carbocycles. The molecule has 1 N–H and O–H groups in total. The van der Waals surface area contributed by atoms with Gasteiger partial charge in [0.15, 0.2) is 5.78 Å². The van der Waals surface area contributed by atoms with Gasteiger partial charge in [-0.2, -0.15) is 0 Å². The molecule has 0 spiro atoms. The molecule has 0 amide bonds. The summed E-state index contributed by atoms with van der Waals surface area (Å²) in [5.41, 5.74) is -0.351. The van der Waals surface area contributed by atoms with Crippen LogP contribution in [0.25, 0.3) is 0 Å². The van der Waals surface area contributed by atoms with Crippen LogP contribution in [0.4, 0.5) is 0 Å². The Morgan fingerprint density at radius 2 is 2.00 bits per heavy atom. The molecular weight excluding hydrogens is 244 g/mol. The zero-order valence-electron chi connectivity index (χ0n) is 8.72. The lowest BCUT2D eigenvalue weighted by Crippen LogP contribution is -2.43. The lowest BCUT2D eigenvalue weighted by atomic mass is 9.61. The van der Waals surface area contributed by atoms with Crippen molar-refractivity contribution in [3.63, 3.8) is 0 Å². The zero-order chi connectivity index (χ0) is 10.7. The molecule has 0 heterocycles. The van der Waals surface area contributed by atoms with E-state index in [4.69, 9.17) is 0 Å². The number of rotatable bonds is 0. The molecule has 0 aromatic carbocycles. The first-order valence-corrected chi connectivity index (χ1v) is 5.75. The Morgan fingerprint density at radius 1 is 1.43 bits per heavy atom. The van der Waals surface area contributed by atoms with Crippen LogP contribution in [0.2, 0.25) is 0 Å². The summed E-state index contributed by atoms with van der Waals surface area (Å²) in [7, 11) is 0. The van der Waals surface area contributed by atoms with Gasteiger partial charge in [-0.15, -0.1) is 0 Å². The highest BCUT2D eigenvalue weighted by Gasteiger charge is 2.60. The number of Topliss-reactive ketones (excluding diaryl/α,β-unsaturated/α-hetero) is 1. The number of fused-ring (bicyclic) bond motifs is 2. The first-order chi connectivity index (χ1) is 6.32. The molecule has 78 valence electrons. The number of allylic oxidation sites excluding steroid dienone is 2. The monoisotopic (exact) mass is 258 g/mol. The van der Waals surface area contributed by atoms with Crippen LogP contribution >= 0.6 is 15.9 Å². The van der Waals surface area contributed by atoms with Crippen LogP contribution in [0.3, 0.4) is 0 Å². The quantitative estimate of drug-likeness (QED) is 0.725. The van der Waals surface area contributed by atoms with E-state index in [9.17, 15) is 9.90 Å². The second-order valence-corrected chi connectivity index (χ2v) is 5.96. The van der Waals surface area contributed by atoms with Crippen molar-refractivity contribution in [2.45, 2.75) is 33.6 Å². The molecule has 2 aliphatic rings. The number of hydrogen-bond donors (Lipinski definition) is 1. The number of aliphatic hydroxyl groups is 1. The maximum absolute atomic E-state index is 11.9. The first-order valence-electron chi connectivity index (χ1n) is 4.96. The van der Waals surface area contributed by atoms with E-state index >= 15 is 0 Å². The normalized spacial score (nSPS) is 40.6. The zero-order valence-corrected chi connectivity index (χ0v) is 10.3. The Hall–Kier alpha value is -0.310. The minimum Gasteiger partial charge on any atom is -0.510 e. The molecule has 0 aromatic rings. The predicted molar refractivity (Wildman–Crippen MR) is 58.2 cm³/mol. The Kier molecular flexibility index (Phi) is 1.92. The van der Waals surface area contributed by atoms with Gasteiger partial charge in [-0.1, -0.05) is 20.8 Å². The molecule has 0 aromatic heterocycles. The standard InChI is InChI=1S/C11H15BrO2/c1-10(2)6-4-5-11(10,3)9(14)7(12)8(6)13/h6,14H,4-5H2,1-3H3. The molecular formula is C11H15BrO2. The summed E-state index contributed by atoms with van der Waals surface area (Å²) in [6, 6.07) is 0. The van der Waals surface area contributed by atoms with Crippen LogP contribution in [0, 0.1) is 16.7 Å². The van der Waals surface area contributed by atoms with Crippen molar-refractivity contribution in [3.8, 4) is 0 Å². The molecule has 0 aliphatic heterocycles. The summed E-state index contributed by atoms with van der Waals surface area (Å²) >= 11 is 3.21. The number of hydrogen-bond acceptors (Lipinski definition) is 2. The van der Waals surface area contributed by atoms with Crippen LogP contribution in [-0.4, -0.2) is 10.9 Å². The number of carbonyl (C=O) groups excluding carboxylic acids is 1. The third kappa shape index (κ3) is 0.892. The Morgan fingerprint density at radius 3 is 2.57 bits per heavy atom. The number of aliphatic hydroxyl groups excluding tert-OH is 1. The number of ketones is 1. The second-order valence-electron chi connectivity index (χ2n) is 5.17. The average molecular weight is 259 g/mol. The van der Waals surface area contributed by atoms with Gasteiger partial charge >= 0.3 is 0 Å². The van der Waals surface area contributed by atoms with Gasteiger partial charge in [0.05, 0.1) is 4.48 Å². The molecule has 3 heteroatoms. The molecule has 1 fully saturated rings. The minimum absolute atomic E-state index is 0.0674. The molecule has 1 saturated carbocycles. The molecule has 14 heavy (non-hydrogen) atoms. The van der Waals surface area contributed by atoms with Crippen LogP contribution < -0.4 is 0 Å². The van der Waals surface area contributed by atoms with E-state index < -0.39 is 0 Å². The topological polar surface area (TPSA) is 37.3 Å². The van der Waals surface area contributed by atoms with Crippen molar-refractivity contribution in [1.29, 1.82) is 0 Å². The molecule has 2 bridgehead atoms. The average Bonchev–Trinajstić information content (AvgIpc) is 2.30. The van der Waals surface area contributed by atoms with Crippen molar-refractivity contribution >= 4 is 21.7 Å². The van der Waals surface area contributed by atoms with E-state index in [0.717, 1.165) is 12.8 Å². The fourth-order valence-electron chi connectivity index (χ4n) is 2.89. The highest BCUT2D eigenvalue weighted by atomic mass is 79.9. The van der Waals surface area contributed by atoms with E-state index in [1.807, 2.05) is 0 Å². The summed E-state index contributed by atoms with van der Waals surface area (Å²) < 4.78 is 0.404. The molecule has 2 nitrogen and oxygen atoms in total. The van der Waals surface area contributed by atoms with Crippen LogP contribution in [0.15, 0.2) is 10.2 Å².